The second-order valence-electron chi connectivity index (χ2n) is 17.0. The van der Waals surface area contributed by atoms with E-state index in [-0.39, 0.29) is 10.8 Å². The number of benzene rings is 8. The Morgan fingerprint density at radius 1 is 0.352 bits per heavy atom. The monoisotopic (exact) mass is 692 g/mol. The van der Waals surface area contributed by atoms with Gasteiger partial charge in [0.2, 0.25) is 0 Å². The zero-order valence-corrected chi connectivity index (χ0v) is 31.7. The van der Waals surface area contributed by atoms with E-state index in [2.05, 4.69) is 173 Å². The molecule has 3 aliphatic carbocycles. The Hall–Kier alpha value is -5.72. The van der Waals surface area contributed by atoms with Gasteiger partial charge in [-0.3, -0.25) is 0 Å². The quantitative estimate of drug-likeness (QED) is 0.162. The molecule has 0 saturated heterocycles. The summed E-state index contributed by atoms with van der Waals surface area (Å²) in [7, 11) is 0. The molecule has 0 aromatic heterocycles. The van der Waals surface area contributed by atoms with Crippen LogP contribution in [0.1, 0.15) is 73.9 Å². The van der Waals surface area contributed by atoms with E-state index in [0.29, 0.717) is 0 Å². The fraction of sp³-hybridized carbons (Fsp3) is 0.185. The van der Waals surface area contributed by atoms with Crippen LogP contribution < -0.4 is 0 Å². The van der Waals surface area contributed by atoms with Crippen LogP contribution >= 0.6 is 0 Å². The zero-order chi connectivity index (χ0) is 36.3. The van der Waals surface area contributed by atoms with Crippen LogP contribution in [0.3, 0.4) is 0 Å². The van der Waals surface area contributed by atoms with Gasteiger partial charge in [0.05, 0.1) is 0 Å². The van der Waals surface area contributed by atoms with Crippen LogP contribution in [-0.2, 0) is 23.7 Å². The molecule has 0 fully saturated rings. The predicted molar refractivity (Wildman–Crippen MR) is 230 cm³/mol. The summed E-state index contributed by atoms with van der Waals surface area (Å²) in [5.41, 5.74) is 22.1. The van der Waals surface area contributed by atoms with Crippen molar-refractivity contribution in [3.8, 4) is 55.6 Å². The van der Waals surface area contributed by atoms with Crippen LogP contribution in [0.25, 0.3) is 77.2 Å². The van der Waals surface area contributed by atoms with Gasteiger partial charge in [0, 0.05) is 10.8 Å². The lowest BCUT2D eigenvalue weighted by Crippen LogP contribution is -2.14. The van der Waals surface area contributed by atoms with E-state index in [1.54, 1.807) is 5.56 Å². The van der Waals surface area contributed by atoms with Crippen molar-refractivity contribution in [2.45, 2.75) is 64.2 Å². The fourth-order valence-electron chi connectivity index (χ4n) is 10.8. The van der Waals surface area contributed by atoms with E-state index in [1.165, 1.54) is 124 Å². The summed E-state index contributed by atoms with van der Waals surface area (Å²) in [6.45, 7) is 9.55. The minimum absolute atomic E-state index is 0.0511. The molecule has 0 aliphatic heterocycles. The van der Waals surface area contributed by atoms with Crippen molar-refractivity contribution in [1.29, 1.82) is 0 Å². The largest absolute Gasteiger partial charge is 0.0619 e. The highest BCUT2D eigenvalue weighted by Gasteiger charge is 2.38. The molecule has 0 radical (unpaired) electrons. The first kappa shape index (κ1) is 31.8. The molecule has 0 spiro atoms. The van der Waals surface area contributed by atoms with Crippen LogP contribution in [0.2, 0.25) is 0 Å². The Labute approximate surface area is 319 Å². The van der Waals surface area contributed by atoms with Crippen LogP contribution in [0.15, 0.2) is 146 Å². The van der Waals surface area contributed by atoms with Crippen LogP contribution in [0.5, 0.6) is 0 Å². The molecule has 8 aromatic carbocycles. The van der Waals surface area contributed by atoms with Gasteiger partial charge in [0.25, 0.3) is 0 Å². The standard InChI is InChI=1S/C54H44/c1-53(2)47-25-12-10-21-43(47)52-44(23-14-26-48(52)53)51-41-20-8-7-19-40(41)50(39-22-13-16-33-15-5-6-17-36(33)39)42-30-28-34(31-45(42)51)35-27-29-38-37-18-9-11-24-46(37)54(3,4)49(38)32-35/h7-14,16,18-32H,5-6,15,17H2,1-4H3. The first-order valence-electron chi connectivity index (χ1n) is 19.9. The van der Waals surface area contributed by atoms with E-state index >= 15 is 0 Å². The van der Waals surface area contributed by atoms with E-state index in [9.17, 15) is 0 Å². The Balaban J connectivity index is 1.24. The molecule has 54 heavy (non-hydrogen) atoms. The summed E-state index contributed by atoms with van der Waals surface area (Å²) in [6, 6.07) is 56.0. The van der Waals surface area contributed by atoms with Crippen LogP contribution in [0.4, 0.5) is 0 Å². The molecule has 0 nitrogen and oxygen atoms in total. The van der Waals surface area contributed by atoms with Gasteiger partial charge >= 0.3 is 0 Å². The summed E-state index contributed by atoms with van der Waals surface area (Å²) in [6.07, 6.45) is 4.85. The third kappa shape index (κ3) is 4.32. The maximum Gasteiger partial charge on any atom is 0.0159 e. The van der Waals surface area contributed by atoms with E-state index in [1.807, 2.05) is 0 Å². The SMILES string of the molecule is CC1(C)c2ccccc2-c2ccc(-c3ccc4c(-c5cccc6c5CCCC6)c5ccccc5c(-c5cccc6c5-c5ccccc5C6(C)C)c4c3)cc21. The fourth-order valence-corrected chi connectivity index (χ4v) is 10.8. The molecule has 0 atom stereocenters. The first-order valence-corrected chi connectivity index (χ1v) is 19.9. The summed E-state index contributed by atoms with van der Waals surface area (Å²) in [5, 5.41) is 5.33. The third-order valence-electron chi connectivity index (χ3n) is 13.5. The summed E-state index contributed by atoms with van der Waals surface area (Å²) in [4.78, 5) is 0. The van der Waals surface area contributed by atoms with Crippen molar-refractivity contribution in [1.82, 2.24) is 0 Å². The maximum atomic E-state index is 2.53. The lowest BCUT2D eigenvalue weighted by atomic mass is 9.78. The van der Waals surface area contributed by atoms with Crippen molar-refractivity contribution in [2.24, 2.45) is 0 Å². The van der Waals surface area contributed by atoms with Gasteiger partial charge in [-0.2, -0.15) is 0 Å². The van der Waals surface area contributed by atoms with E-state index in [0.717, 1.165) is 6.42 Å². The van der Waals surface area contributed by atoms with Gasteiger partial charge in [-0.1, -0.05) is 161 Å². The molecule has 0 unspecified atom stereocenters. The molecule has 3 aliphatic rings. The second-order valence-corrected chi connectivity index (χ2v) is 17.0. The topological polar surface area (TPSA) is 0 Å². The normalized spacial score (nSPS) is 15.8. The summed E-state index contributed by atoms with van der Waals surface area (Å²) < 4.78 is 0. The Bertz CT molecular complexity index is 2880. The zero-order valence-electron chi connectivity index (χ0n) is 31.7. The van der Waals surface area contributed by atoms with Crippen molar-refractivity contribution in [3.05, 3.63) is 179 Å². The first-order chi connectivity index (χ1) is 26.3. The lowest BCUT2D eigenvalue weighted by Gasteiger charge is -2.25. The van der Waals surface area contributed by atoms with Gasteiger partial charge in [-0.25, -0.2) is 0 Å². The van der Waals surface area contributed by atoms with Crippen molar-refractivity contribution in [3.63, 3.8) is 0 Å². The van der Waals surface area contributed by atoms with Crippen molar-refractivity contribution >= 4 is 21.5 Å². The number of hydrogen-bond donors (Lipinski definition) is 0. The van der Waals surface area contributed by atoms with Crippen molar-refractivity contribution < 1.29 is 0 Å². The molecule has 0 heteroatoms. The number of hydrogen-bond acceptors (Lipinski definition) is 0. The van der Waals surface area contributed by atoms with E-state index < -0.39 is 0 Å². The number of fused-ring (bicyclic) bond motifs is 9. The highest BCUT2D eigenvalue weighted by atomic mass is 14.4. The number of rotatable bonds is 3. The molecule has 0 bridgehead atoms. The smallest absolute Gasteiger partial charge is 0.0159 e. The Morgan fingerprint density at radius 2 is 0.889 bits per heavy atom. The van der Waals surface area contributed by atoms with E-state index in [4.69, 9.17) is 0 Å². The van der Waals surface area contributed by atoms with Crippen LogP contribution in [-0.4, -0.2) is 0 Å². The molecule has 0 N–H and O–H groups in total. The molecule has 0 amide bonds. The third-order valence-corrected chi connectivity index (χ3v) is 13.5. The molecular formula is C54H44. The minimum Gasteiger partial charge on any atom is -0.0619 e. The molecule has 8 aromatic rings. The molecule has 0 saturated carbocycles. The minimum atomic E-state index is -0.0729. The Morgan fingerprint density at radius 3 is 1.70 bits per heavy atom. The average molecular weight is 693 g/mol. The molecular weight excluding hydrogens is 649 g/mol. The van der Waals surface area contributed by atoms with Gasteiger partial charge in [-0.05, 0) is 148 Å². The maximum absolute atomic E-state index is 2.53. The average Bonchev–Trinajstić information content (AvgIpc) is 3.59. The second kappa shape index (κ2) is 11.4. The highest BCUT2D eigenvalue weighted by Crippen LogP contribution is 2.55. The summed E-state index contributed by atoms with van der Waals surface area (Å²) >= 11 is 0. The predicted octanol–water partition coefficient (Wildman–Crippen LogP) is 14.5. The Kier molecular flexibility index (Phi) is 6.70. The highest BCUT2D eigenvalue weighted by molar-refractivity contribution is 6.23. The molecule has 0 heterocycles. The van der Waals surface area contributed by atoms with Gasteiger partial charge in [-0.15, -0.1) is 0 Å². The molecule has 11 rings (SSSR count). The lowest BCUT2D eigenvalue weighted by molar-refractivity contribution is 0.660. The van der Waals surface area contributed by atoms with Crippen LogP contribution in [0, 0.1) is 0 Å². The number of aryl methyl sites for hydroxylation is 1. The molecule has 260 valence electrons. The van der Waals surface area contributed by atoms with Crippen molar-refractivity contribution in [2.75, 3.05) is 0 Å². The van der Waals surface area contributed by atoms with Gasteiger partial charge in [0.1, 0.15) is 0 Å². The summed E-state index contributed by atoms with van der Waals surface area (Å²) in [5.74, 6) is 0. The van der Waals surface area contributed by atoms with Gasteiger partial charge in [0.15, 0.2) is 0 Å². The van der Waals surface area contributed by atoms with Gasteiger partial charge < -0.3 is 0 Å².